The van der Waals surface area contributed by atoms with E-state index in [4.69, 9.17) is 9.47 Å². The first-order valence-corrected chi connectivity index (χ1v) is 14.7. The zero-order valence-electron chi connectivity index (χ0n) is 23.5. The molecule has 0 bridgehead atoms. The molecule has 9 nitrogen and oxygen atoms in total. The quantitative estimate of drug-likeness (QED) is 0.182. The molecule has 0 atom stereocenters. The number of unbranched alkanes of at least 4 members (excludes halogenated alkanes) is 3. The summed E-state index contributed by atoms with van der Waals surface area (Å²) in [5.41, 5.74) is 2.96. The number of carboxylic acids is 1. The molecule has 42 heavy (non-hydrogen) atoms. The zero-order chi connectivity index (χ0) is 30.1. The highest BCUT2D eigenvalue weighted by atomic mass is 32.1. The van der Waals surface area contributed by atoms with Gasteiger partial charge < -0.3 is 19.5 Å². The number of hydrogen-bond donors (Lipinski definition) is 1. The Bertz CT molecular complexity index is 1680. The van der Waals surface area contributed by atoms with Crippen LogP contribution in [0.5, 0.6) is 5.75 Å². The van der Waals surface area contributed by atoms with E-state index in [1.165, 1.54) is 25.3 Å². The summed E-state index contributed by atoms with van der Waals surface area (Å²) >= 11 is 0.882. The van der Waals surface area contributed by atoms with Crippen molar-refractivity contribution in [3.05, 3.63) is 85.8 Å². The summed E-state index contributed by atoms with van der Waals surface area (Å²) in [5, 5.41) is 19.0. The summed E-state index contributed by atoms with van der Waals surface area (Å²) < 4.78 is 11.9. The highest BCUT2D eigenvalue weighted by Crippen LogP contribution is 2.35. The number of thiazole rings is 1. The normalized spacial score (nSPS) is 13.3. The third kappa shape index (κ3) is 7.17. The van der Waals surface area contributed by atoms with Gasteiger partial charge >= 0.3 is 11.9 Å². The number of benzene rings is 2. The van der Waals surface area contributed by atoms with Gasteiger partial charge in [-0.25, -0.2) is 4.79 Å². The van der Waals surface area contributed by atoms with Crippen molar-refractivity contribution in [2.45, 2.75) is 45.6 Å². The summed E-state index contributed by atoms with van der Waals surface area (Å²) in [6.45, 7) is 6.36. The molecular formula is C32H33N3O6S. The number of carbonyl (C=O) groups excluding carboxylic acids is 1. The Balaban J connectivity index is 1.60. The number of rotatable bonds is 13. The van der Waals surface area contributed by atoms with E-state index in [1.54, 1.807) is 12.1 Å². The number of carbonyl (C=O) groups is 2. The Labute approximate surface area is 247 Å². The molecular weight excluding hydrogens is 554 g/mol. The van der Waals surface area contributed by atoms with Gasteiger partial charge in [0, 0.05) is 17.9 Å². The number of ether oxygens (including phenoxy) is 2. The Morgan fingerprint density at radius 3 is 2.64 bits per heavy atom. The smallest absolute Gasteiger partial charge is 0.352 e. The van der Waals surface area contributed by atoms with Crippen LogP contribution in [0.1, 0.15) is 43.7 Å². The van der Waals surface area contributed by atoms with Crippen LogP contribution in [-0.4, -0.2) is 41.4 Å². The number of aromatic nitrogens is 1. The van der Waals surface area contributed by atoms with Crippen molar-refractivity contribution in [3.8, 4) is 11.8 Å². The third-order valence-corrected chi connectivity index (χ3v) is 7.91. The molecule has 1 N–H and O–H groups in total. The van der Waals surface area contributed by atoms with Crippen molar-refractivity contribution in [1.82, 2.24) is 4.57 Å². The largest absolute Gasteiger partial charge is 0.494 e. The van der Waals surface area contributed by atoms with Gasteiger partial charge in [-0.2, -0.15) is 5.26 Å². The summed E-state index contributed by atoms with van der Waals surface area (Å²) in [5.74, 6) is -1.37. The molecule has 218 valence electrons. The summed E-state index contributed by atoms with van der Waals surface area (Å²) in [4.78, 5) is 39.3. The number of esters is 1. The van der Waals surface area contributed by atoms with Crippen molar-refractivity contribution >= 4 is 46.3 Å². The molecule has 0 unspecified atom stereocenters. The predicted octanol–water partition coefficient (Wildman–Crippen LogP) is 3.88. The lowest BCUT2D eigenvalue weighted by Gasteiger charge is -2.20. The molecule has 0 amide bonds. The van der Waals surface area contributed by atoms with E-state index < -0.39 is 29.6 Å². The molecule has 0 radical (unpaired) electrons. The lowest BCUT2D eigenvalue weighted by Crippen LogP contribution is -2.35. The van der Waals surface area contributed by atoms with Crippen LogP contribution < -0.4 is 24.4 Å². The standard InChI is InChI=1S/C32H33N3O6S/c1-3-5-6-7-17-40-25-11-9-24(10-12-25)34-15-14-23-18-22(8-13-27(23)34)19-28-30(38)35(21-29(36)37)31(42-28)26(20-33)32(39)41-16-4-2/h4,8-13,18-19H,2-3,5-7,14-17,21H2,1H3,(H,36,37)/b28-19-,31-26+. The number of carboxylic acid groups (broad SMARTS) is 1. The highest BCUT2D eigenvalue weighted by Gasteiger charge is 2.21. The fourth-order valence-electron chi connectivity index (χ4n) is 4.74. The first kappa shape index (κ1) is 30.3. The van der Waals surface area contributed by atoms with Crippen molar-refractivity contribution in [3.63, 3.8) is 0 Å². The first-order chi connectivity index (χ1) is 20.4. The monoisotopic (exact) mass is 587 g/mol. The number of anilines is 2. The summed E-state index contributed by atoms with van der Waals surface area (Å²) in [7, 11) is 0. The minimum absolute atomic E-state index is 0.0640. The molecule has 10 heteroatoms. The van der Waals surface area contributed by atoms with Gasteiger partial charge in [0.15, 0.2) is 5.57 Å². The fraction of sp³-hybridized carbons (Fsp3) is 0.312. The van der Waals surface area contributed by atoms with Crippen LogP contribution in [0.2, 0.25) is 0 Å². The van der Waals surface area contributed by atoms with E-state index in [1.807, 2.05) is 30.3 Å². The van der Waals surface area contributed by atoms with Crippen LogP contribution in [0.4, 0.5) is 11.4 Å². The van der Waals surface area contributed by atoms with E-state index >= 15 is 0 Å². The molecule has 1 aromatic heterocycles. The van der Waals surface area contributed by atoms with Crippen LogP contribution in [0.15, 0.2) is 59.9 Å². The SMILES string of the molecule is C=CCOC(=O)/C(C#N)=c1/s/c(=C\c2ccc3c(c2)CCN3c2ccc(OCCCCCC)cc2)c(=O)n1CC(=O)O. The molecule has 0 spiro atoms. The Morgan fingerprint density at radius 1 is 1.17 bits per heavy atom. The molecule has 2 aromatic carbocycles. The summed E-state index contributed by atoms with van der Waals surface area (Å²) in [6, 6.07) is 15.7. The van der Waals surface area contributed by atoms with Gasteiger partial charge in [-0.05, 0) is 66.4 Å². The van der Waals surface area contributed by atoms with E-state index in [0.29, 0.717) is 6.61 Å². The van der Waals surface area contributed by atoms with E-state index in [0.717, 1.165) is 63.5 Å². The maximum Gasteiger partial charge on any atom is 0.352 e. The number of nitriles is 1. The molecule has 3 aromatic rings. The lowest BCUT2D eigenvalue weighted by molar-refractivity contribution is -0.138. The molecule has 4 rings (SSSR count). The van der Waals surface area contributed by atoms with Crippen molar-refractivity contribution in [2.24, 2.45) is 0 Å². The van der Waals surface area contributed by atoms with Crippen LogP contribution in [0, 0.1) is 11.3 Å². The first-order valence-electron chi connectivity index (χ1n) is 13.8. The number of hydrogen-bond acceptors (Lipinski definition) is 8. The molecule has 1 aliphatic rings. The molecule has 1 aliphatic heterocycles. The topological polar surface area (TPSA) is 122 Å². The maximum atomic E-state index is 13.2. The van der Waals surface area contributed by atoms with Crippen molar-refractivity contribution in [1.29, 1.82) is 5.26 Å². The summed E-state index contributed by atoms with van der Waals surface area (Å²) in [6.07, 6.45) is 8.45. The average Bonchev–Trinajstić information content (AvgIpc) is 3.53. The maximum absolute atomic E-state index is 13.2. The third-order valence-electron chi connectivity index (χ3n) is 6.78. The predicted molar refractivity (Wildman–Crippen MR) is 162 cm³/mol. The van der Waals surface area contributed by atoms with Gasteiger partial charge in [-0.15, -0.1) is 11.3 Å². The van der Waals surface area contributed by atoms with Crippen LogP contribution in [0.25, 0.3) is 11.6 Å². The van der Waals surface area contributed by atoms with Crippen molar-refractivity contribution < 1.29 is 24.2 Å². The minimum atomic E-state index is -1.27. The average molecular weight is 588 g/mol. The second-order valence-electron chi connectivity index (χ2n) is 9.77. The van der Waals surface area contributed by atoms with Crippen LogP contribution in [-0.2, 0) is 27.3 Å². The van der Waals surface area contributed by atoms with Gasteiger partial charge in [-0.1, -0.05) is 44.9 Å². The van der Waals surface area contributed by atoms with E-state index in [9.17, 15) is 24.8 Å². The lowest BCUT2D eigenvalue weighted by atomic mass is 10.1. The zero-order valence-corrected chi connectivity index (χ0v) is 24.3. The Morgan fingerprint density at radius 2 is 1.95 bits per heavy atom. The fourth-order valence-corrected chi connectivity index (χ4v) is 5.83. The van der Waals surface area contributed by atoms with Gasteiger partial charge in [0.05, 0.1) is 11.1 Å². The van der Waals surface area contributed by atoms with Gasteiger partial charge in [-0.3, -0.25) is 14.2 Å². The van der Waals surface area contributed by atoms with Crippen LogP contribution >= 0.6 is 11.3 Å². The van der Waals surface area contributed by atoms with E-state index in [2.05, 4.69) is 30.5 Å². The van der Waals surface area contributed by atoms with E-state index in [-0.39, 0.29) is 15.8 Å². The molecule has 0 fully saturated rings. The Hall–Kier alpha value is -4.62. The number of aliphatic carboxylic acids is 1. The molecule has 0 aliphatic carbocycles. The number of fused-ring (bicyclic) bond motifs is 1. The molecule has 2 heterocycles. The second-order valence-corrected chi connectivity index (χ2v) is 10.8. The molecule has 0 saturated heterocycles. The van der Waals surface area contributed by atoms with Crippen LogP contribution in [0.3, 0.4) is 0 Å². The van der Waals surface area contributed by atoms with Gasteiger partial charge in [0.25, 0.3) is 5.56 Å². The minimum Gasteiger partial charge on any atom is -0.494 e. The number of nitrogens with zero attached hydrogens (tertiary/aromatic N) is 3. The Kier molecular flexibility index (Phi) is 10.3. The highest BCUT2D eigenvalue weighted by molar-refractivity contribution is 7.07. The van der Waals surface area contributed by atoms with Crippen molar-refractivity contribution in [2.75, 3.05) is 24.7 Å². The molecule has 0 saturated carbocycles. The second kappa shape index (κ2) is 14.3. The van der Waals surface area contributed by atoms with Gasteiger partial charge in [0.2, 0.25) is 0 Å². The van der Waals surface area contributed by atoms with Gasteiger partial charge in [0.1, 0.15) is 29.6 Å².